The van der Waals surface area contributed by atoms with Crippen molar-refractivity contribution in [2.24, 2.45) is 5.73 Å². The van der Waals surface area contributed by atoms with Crippen molar-refractivity contribution >= 4 is 18.3 Å². The zero-order valence-corrected chi connectivity index (χ0v) is 15.2. The van der Waals surface area contributed by atoms with E-state index in [-0.39, 0.29) is 18.3 Å². The molecule has 0 heterocycles. The van der Waals surface area contributed by atoms with Crippen LogP contribution in [0.1, 0.15) is 16.7 Å². The molecule has 0 fully saturated rings. The van der Waals surface area contributed by atoms with Crippen LogP contribution in [0.3, 0.4) is 0 Å². The van der Waals surface area contributed by atoms with Gasteiger partial charge in [0.15, 0.2) is 0 Å². The van der Waals surface area contributed by atoms with Gasteiger partial charge in [0.2, 0.25) is 5.91 Å². The van der Waals surface area contributed by atoms with Crippen LogP contribution in [0.15, 0.2) is 48.5 Å². The maximum absolute atomic E-state index is 12.4. The molecule has 0 saturated carbocycles. The van der Waals surface area contributed by atoms with Crippen molar-refractivity contribution in [3.8, 4) is 5.75 Å². The number of halogens is 1. The van der Waals surface area contributed by atoms with Gasteiger partial charge in [0.1, 0.15) is 5.75 Å². The van der Waals surface area contributed by atoms with Gasteiger partial charge in [0.05, 0.1) is 13.2 Å². The Morgan fingerprint density at radius 1 is 1.17 bits per heavy atom. The standard InChI is InChI=1S/C19H24N2O2.ClH/c1-14-11-16(9-10-18(14)23-3)13-21(2)19(22)17(20)12-15-7-5-4-6-8-15;/h4-11,17H,12-13,20H2,1-3H3;1H/t17-;/m0./s1. The highest BCUT2D eigenvalue weighted by molar-refractivity contribution is 5.85. The molecule has 0 aliphatic heterocycles. The fourth-order valence-corrected chi connectivity index (χ4v) is 2.63. The molecular weight excluding hydrogens is 324 g/mol. The predicted molar refractivity (Wildman–Crippen MR) is 99.6 cm³/mol. The van der Waals surface area contributed by atoms with Gasteiger partial charge in [-0.3, -0.25) is 4.79 Å². The topological polar surface area (TPSA) is 55.6 Å². The van der Waals surface area contributed by atoms with E-state index in [9.17, 15) is 4.79 Å². The maximum Gasteiger partial charge on any atom is 0.239 e. The molecule has 0 saturated heterocycles. The normalized spacial score (nSPS) is 11.3. The summed E-state index contributed by atoms with van der Waals surface area (Å²) in [5, 5.41) is 0. The lowest BCUT2D eigenvalue weighted by Gasteiger charge is -2.22. The van der Waals surface area contributed by atoms with Crippen molar-refractivity contribution in [1.29, 1.82) is 0 Å². The Hall–Kier alpha value is -2.04. The SMILES string of the molecule is COc1ccc(CN(C)C(=O)[C@@H](N)Cc2ccccc2)cc1C.Cl. The molecule has 2 rings (SSSR count). The van der Waals surface area contributed by atoms with E-state index in [1.54, 1.807) is 19.1 Å². The highest BCUT2D eigenvalue weighted by atomic mass is 35.5. The van der Waals surface area contributed by atoms with Gasteiger partial charge >= 0.3 is 0 Å². The number of hydrogen-bond acceptors (Lipinski definition) is 3. The van der Waals surface area contributed by atoms with Crippen molar-refractivity contribution in [3.05, 3.63) is 65.2 Å². The van der Waals surface area contributed by atoms with Crippen LogP contribution >= 0.6 is 12.4 Å². The molecule has 0 spiro atoms. The molecule has 0 bridgehead atoms. The molecule has 4 nitrogen and oxygen atoms in total. The summed E-state index contributed by atoms with van der Waals surface area (Å²) in [4.78, 5) is 14.1. The van der Waals surface area contributed by atoms with Crippen molar-refractivity contribution in [1.82, 2.24) is 4.90 Å². The second-order valence-corrected chi connectivity index (χ2v) is 5.79. The van der Waals surface area contributed by atoms with E-state index < -0.39 is 6.04 Å². The van der Waals surface area contributed by atoms with Crippen LogP contribution < -0.4 is 10.5 Å². The monoisotopic (exact) mass is 348 g/mol. The summed E-state index contributed by atoms with van der Waals surface area (Å²) in [5.41, 5.74) is 9.26. The molecule has 0 aliphatic carbocycles. The Morgan fingerprint density at radius 2 is 1.83 bits per heavy atom. The summed E-state index contributed by atoms with van der Waals surface area (Å²) < 4.78 is 5.26. The van der Waals surface area contributed by atoms with Crippen LogP contribution in [-0.2, 0) is 17.8 Å². The zero-order chi connectivity index (χ0) is 16.8. The summed E-state index contributed by atoms with van der Waals surface area (Å²) >= 11 is 0. The fraction of sp³-hybridized carbons (Fsp3) is 0.316. The average molecular weight is 349 g/mol. The van der Waals surface area contributed by atoms with Crippen LogP contribution in [0.5, 0.6) is 5.75 Å². The van der Waals surface area contributed by atoms with Gasteiger partial charge in [-0.05, 0) is 36.1 Å². The molecule has 0 aliphatic rings. The van der Waals surface area contributed by atoms with E-state index >= 15 is 0 Å². The van der Waals surface area contributed by atoms with Crippen LogP contribution in [-0.4, -0.2) is 31.0 Å². The minimum atomic E-state index is -0.526. The molecule has 2 aromatic rings. The average Bonchev–Trinajstić information content (AvgIpc) is 2.55. The van der Waals surface area contributed by atoms with Gasteiger partial charge < -0.3 is 15.4 Å². The largest absolute Gasteiger partial charge is 0.496 e. The van der Waals surface area contributed by atoms with Crippen LogP contribution in [0.4, 0.5) is 0 Å². The molecular formula is C19H25ClN2O2. The van der Waals surface area contributed by atoms with E-state index in [2.05, 4.69) is 0 Å². The van der Waals surface area contributed by atoms with E-state index in [0.29, 0.717) is 13.0 Å². The number of likely N-dealkylation sites (N-methyl/N-ethyl adjacent to an activating group) is 1. The maximum atomic E-state index is 12.4. The summed E-state index contributed by atoms with van der Waals surface area (Å²) in [6, 6.07) is 15.2. The molecule has 5 heteroatoms. The van der Waals surface area contributed by atoms with Crippen molar-refractivity contribution < 1.29 is 9.53 Å². The van der Waals surface area contributed by atoms with Crippen molar-refractivity contribution in [2.45, 2.75) is 25.9 Å². The van der Waals surface area contributed by atoms with Gasteiger partial charge in [0.25, 0.3) is 0 Å². The van der Waals surface area contributed by atoms with E-state index in [1.165, 1.54) is 0 Å². The first kappa shape index (κ1) is 20.0. The lowest BCUT2D eigenvalue weighted by Crippen LogP contribution is -2.42. The first-order valence-electron chi connectivity index (χ1n) is 7.69. The van der Waals surface area contributed by atoms with Gasteiger partial charge in [-0.25, -0.2) is 0 Å². The van der Waals surface area contributed by atoms with E-state index in [4.69, 9.17) is 10.5 Å². The lowest BCUT2D eigenvalue weighted by molar-refractivity contribution is -0.131. The fourth-order valence-electron chi connectivity index (χ4n) is 2.63. The number of nitrogens with two attached hydrogens (primary N) is 1. The van der Waals surface area contributed by atoms with Gasteiger partial charge in [-0.1, -0.05) is 42.5 Å². The number of ether oxygens (including phenoxy) is 1. The summed E-state index contributed by atoms with van der Waals surface area (Å²) in [6.45, 7) is 2.53. The smallest absolute Gasteiger partial charge is 0.239 e. The molecule has 130 valence electrons. The summed E-state index contributed by atoms with van der Waals surface area (Å²) in [5.74, 6) is 0.797. The highest BCUT2D eigenvalue weighted by Crippen LogP contribution is 2.19. The zero-order valence-electron chi connectivity index (χ0n) is 14.4. The van der Waals surface area contributed by atoms with Gasteiger partial charge in [-0.2, -0.15) is 0 Å². The van der Waals surface area contributed by atoms with Crippen LogP contribution in [0.25, 0.3) is 0 Å². The molecule has 0 unspecified atom stereocenters. The number of methoxy groups -OCH3 is 1. The highest BCUT2D eigenvalue weighted by Gasteiger charge is 2.18. The first-order valence-corrected chi connectivity index (χ1v) is 7.69. The molecule has 24 heavy (non-hydrogen) atoms. The second-order valence-electron chi connectivity index (χ2n) is 5.79. The van der Waals surface area contributed by atoms with Crippen LogP contribution in [0, 0.1) is 6.92 Å². The minimum Gasteiger partial charge on any atom is -0.496 e. The minimum absolute atomic E-state index is 0. The number of carbonyl (C=O) groups excluding carboxylic acids is 1. The summed E-state index contributed by atoms with van der Waals surface area (Å²) in [7, 11) is 3.44. The molecule has 0 radical (unpaired) electrons. The Balaban J connectivity index is 0.00000288. The van der Waals surface area contributed by atoms with Gasteiger partial charge in [0, 0.05) is 13.6 Å². The number of hydrogen-bond donors (Lipinski definition) is 1. The number of benzene rings is 2. The number of nitrogens with zero attached hydrogens (tertiary/aromatic N) is 1. The van der Waals surface area contributed by atoms with Crippen molar-refractivity contribution in [3.63, 3.8) is 0 Å². The third-order valence-corrected chi connectivity index (χ3v) is 3.87. The Kier molecular flexibility index (Phi) is 7.75. The Labute approximate surface area is 150 Å². The second kappa shape index (κ2) is 9.30. The number of aryl methyl sites for hydroxylation is 1. The Morgan fingerprint density at radius 3 is 2.42 bits per heavy atom. The molecule has 1 atom stereocenters. The molecule has 2 N–H and O–H groups in total. The number of amides is 1. The van der Waals surface area contributed by atoms with Crippen LogP contribution in [0.2, 0.25) is 0 Å². The number of carbonyl (C=O) groups is 1. The first-order chi connectivity index (χ1) is 11.0. The van der Waals surface area contributed by atoms with E-state index in [0.717, 1.165) is 22.4 Å². The third-order valence-electron chi connectivity index (χ3n) is 3.87. The summed E-state index contributed by atoms with van der Waals surface area (Å²) in [6.07, 6.45) is 0.547. The lowest BCUT2D eigenvalue weighted by atomic mass is 10.1. The Bertz CT molecular complexity index is 662. The molecule has 2 aromatic carbocycles. The van der Waals surface area contributed by atoms with Crippen molar-refractivity contribution in [2.75, 3.05) is 14.2 Å². The molecule has 0 aromatic heterocycles. The third kappa shape index (κ3) is 5.25. The van der Waals surface area contributed by atoms with Gasteiger partial charge in [-0.15, -0.1) is 12.4 Å². The molecule has 1 amide bonds. The quantitative estimate of drug-likeness (QED) is 0.873. The number of rotatable bonds is 6. The van der Waals surface area contributed by atoms with E-state index in [1.807, 2.05) is 55.5 Å². The predicted octanol–water partition coefficient (Wildman–Crippen LogP) is 2.95.